The molecule has 1 N–H and O–H groups in total. The van der Waals surface area contributed by atoms with Crippen molar-refractivity contribution in [3.05, 3.63) is 4.91 Å². The predicted molar refractivity (Wildman–Crippen MR) is 68.2 cm³/mol. The third-order valence-corrected chi connectivity index (χ3v) is 0. The molecule has 13 heteroatoms. The van der Waals surface area contributed by atoms with E-state index in [4.69, 9.17) is 41.1 Å². The van der Waals surface area contributed by atoms with Gasteiger partial charge in [0.25, 0.3) is 0 Å². The molecule has 9 nitrogen and oxygen atoms in total. The van der Waals surface area contributed by atoms with Gasteiger partial charge in [0.15, 0.2) is 0 Å². The number of hydrogen-bond acceptors (Lipinski definition) is 9. The van der Waals surface area contributed by atoms with Crippen molar-refractivity contribution in [2.24, 2.45) is 4.19 Å². The van der Waals surface area contributed by atoms with Crippen LogP contribution in [0.5, 0.6) is 0 Å². The summed E-state index contributed by atoms with van der Waals surface area (Å²) in [7, 11) is 0. The van der Waals surface area contributed by atoms with E-state index in [1.807, 2.05) is 4.19 Å². The summed E-state index contributed by atoms with van der Waals surface area (Å²) in [6.07, 6.45) is 0. The van der Waals surface area contributed by atoms with Gasteiger partial charge in [0.1, 0.15) is 0 Å². The van der Waals surface area contributed by atoms with Crippen LogP contribution in [-0.4, -0.2) is 63.8 Å². The van der Waals surface area contributed by atoms with Crippen molar-refractivity contribution in [1.82, 2.24) is 0 Å². The van der Waals surface area contributed by atoms with Gasteiger partial charge in [0.05, 0.1) is 11.9 Å². The zero-order valence-electron chi connectivity index (χ0n) is 8.18. The Kier molecular flexibility index (Phi) is 201000. The molecule has 0 saturated carbocycles. The van der Waals surface area contributed by atoms with Gasteiger partial charge in [-0.05, 0) is 0 Å². The van der Waals surface area contributed by atoms with Gasteiger partial charge in [-0.25, -0.2) is 31.6 Å². The molecule has 0 aromatic heterocycles. The molecule has 0 aliphatic carbocycles. The van der Waals surface area contributed by atoms with E-state index in [9.17, 15) is 0 Å². The molecule has 0 rings (SSSR count). The second kappa shape index (κ2) is 48100. The molecule has 0 fully saturated rings. The van der Waals surface area contributed by atoms with Gasteiger partial charge < -0.3 is 0 Å². The van der Waals surface area contributed by atoms with E-state index < -0.39 is 0 Å². The monoisotopic (exact) mass is 348 g/mol. The Labute approximate surface area is 170 Å². The molecule has 0 heterocycles. The zero-order chi connectivity index (χ0) is 16.7. The van der Waals surface area contributed by atoms with Crippen molar-refractivity contribution < 1.29 is 20.9 Å². The van der Waals surface area contributed by atoms with Gasteiger partial charge in [-0.15, -0.1) is 0 Å². The van der Waals surface area contributed by atoms with Crippen molar-refractivity contribution in [3.8, 4) is 39.4 Å². The van der Waals surface area contributed by atoms with Gasteiger partial charge in [0, 0.05) is 39.4 Å². The van der Waals surface area contributed by atoms with Crippen LogP contribution in [0.15, 0.2) is 4.19 Å². The number of hydrogen-bond donors (Lipinski definition) is 1. The SMILES string of the molecule is C#N.C#N.C#N.C#N.C#N.C#N.O=[N][Fe].OCl.[NaH].[NaH]. The first-order chi connectivity index (χ1) is 8.41. The minimum absolute atomic E-state index is 0. The van der Waals surface area contributed by atoms with E-state index in [-0.39, 0.29) is 59.1 Å². The molecular weight excluding hydrogens is 339 g/mol. The molecule has 0 aromatic carbocycles. The Balaban J connectivity index is -0.00000000604. The molecule has 0 spiro atoms. The van der Waals surface area contributed by atoms with Gasteiger partial charge in [-0.3, -0.25) is 4.66 Å². The third kappa shape index (κ3) is 8510. The number of nitriles is 6. The Morgan fingerprint density at radius 1 is 0.684 bits per heavy atom. The zero-order valence-corrected chi connectivity index (χ0v) is 10.0. The van der Waals surface area contributed by atoms with Crippen LogP contribution in [0.25, 0.3) is 0 Å². The quantitative estimate of drug-likeness (QED) is 0.462. The summed E-state index contributed by atoms with van der Waals surface area (Å²) < 4.78 is 8.47. The average Bonchev–Trinajstić information content (AvgIpc) is 2.53. The molecule has 0 atom stereocenters. The molecule has 0 aliphatic rings. The summed E-state index contributed by atoms with van der Waals surface area (Å²) in [5.74, 6) is 0. The summed E-state index contributed by atoms with van der Waals surface area (Å²) in [6, 6.07) is 0. The second-order valence-corrected chi connectivity index (χ2v) is 0.266. The molecule has 0 radical (unpaired) electrons. The van der Waals surface area contributed by atoms with Crippen LogP contribution in [0, 0.1) is 75.9 Å². The van der Waals surface area contributed by atoms with Crippen molar-refractivity contribution in [1.29, 1.82) is 31.6 Å². The van der Waals surface area contributed by atoms with Gasteiger partial charge >= 0.3 is 84.4 Å². The Morgan fingerprint density at radius 2 is 0.684 bits per heavy atom. The van der Waals surface area contributed by atoms with Crippen LogP contribution in [0.3, 0.4) is 0 Å². The number of nitroso groups, excluding NO2 is 1. The summed E-state index contributed by atoms with van der Waals surface area (Å²) in [4.78, 5) is 8.44. The van der Waals surface area contributed by atoms with E-state index in [1.165, 1.54) is 0 Å². The molecule has 97 valence electrons. The fourth-order valence-electron chi connectivity index (χ4n) is 0. The minimum atomic E-state index is 0. The molecule has 0 bridgehead atoms. The fraction of sp³-hybridized carbons (Fsp3) is 0. The number of nitrogens with zero attached hydrogens (tertiary/aromatic N) is 7. The molecule has 0 saturated heterocycles. The van der Waals surface area contributed by atoms with Crippen LogP contribution in [-0.2, 0) is 16.2 Å². The van der Waals surface area contributed by atoms with Crippen LogP contribution < -0.4 is 0 Å². The van der Waals surface area contributed by atoms with Crippen LogP contribution in [0.2, 0.25) is 0 Å². The number of rotatable bonds is 0. The van der Waals surface area contributed by atoms with Crippen LogP contribution in [0.4, 0.5) is 0 Å². The van der Waals surface area contributed by atoms with E-state index in [2.05, 4.69) is 67.5 Å². The number of halogens is 1. The molecule has 0 unspecified atom stereocenters. The van der Waals surface area contributed by atoms with Crippen LogP contribution >= 0.6 is 11.9 Å². The average molecular weight is 348 g/mol. The Bertz CT molecular complexity index is 149. The maximum absolute atomic E-state index is 8.44. The van der Waals surface area contributed by atoms with E-state index in [0.29, 0.717) is 0 Å². The van der Waals surface area contributed by atoms with Gasteiger partial charge in [0.2, 0.25) is 0 Å². The third-order valence-electron chi connectivity index (χ3n) is 0. The van der Waals surface area contributed by atoms with Crippen LogP contribution in [0.1, 0.15) is 0 Å². The standard InChI is InChI=1S/6CHN.ClHO.Fe.NO.2Na.2H/c7*1-2;;1-2;;;;/h6*1H;2H;;;;;;/q;;;;;;;+1;-1;;;;. The maximum atomic E-state index is 8.44. The summed E-state index contributed by atoms with van der Waals surface area (Å²) in [5, 5.41) is 39.0. The van der Waals surface area contributed by atoms with Crippen molar-refractivity contribution in [2.45, 2.75) is 0 Å². The summed E-state index contributed by atoms with van der Waals surface area (Å²) in [5.41, 5.74) is 0. The molecular formula is C6H9ClFeN7Na2O2. The first-order valence-corrected chi connectivity index (χ1v) is 2.89. The second-order valence-electron chi connectivity index (χ2n) is 0.0645. The molecule has 0 amide bonds. The molecule has 0 aromatic rings. The fourth-order valence-corrected chi connectivity index (χ4v) is 0. The predicted octanol–water partition coefficient (Wildman–Crippen LogP) is -0.111. The van der Waals surface area contributed by atoms with Gasteiger partial charge in [-0.1, -0.05) is 0 Å². The Morgan fingerprint density at radius 3 is 0.684 bits per heavy atom. The molecule has 19 heavy (non-hydrogen) atoms. The topological polar surface area (TPSA) is 192 Å². The summed E-state index contributed by atoms with van der Waals surface area (Å²) >= 11 is 6.19. The van der Waals surface area contributed by atoms with Crippen molar-refractivity contribution in [3.63, 3.8) is 0 Å². The van der Waals surface area contributed by atoms with E-state index in [0.717, 1.165) is 0 Å². The van der Waals surface area contributed by atoms with E-state index >= 15 is 0 Å². The first-order valence-electron chi connectivity index (χ1n) is 2.06. The first kappa shape index (κ1) is 79.5. The summed E-state index contributed by atoms with van der Waals surface area (Å²) in [6.45, 7) is 21.0. The molecule has 0 aliphatic heterocycles. The van der Waals surface area contributed by atoms with Crippen molar-refractivity contribution >= 4 is 71.0 Å². The van der Waals surface area contributed by atoms with E-state index in [1.54, 1.807) is 0 Å². The normalized spacial score (nSPS) is 1.63. The van der Waals surface area contributed by atoms with Crippen molar-refractivity contribution in [2.75, 3.05) is 0 Å². The Hall–Kier alpha value is -0.691. The van der Waals surface area contributed by atoms with Gasteiger partial charge in [-0.2, -0.15) is 0 Å².